The topological polar surface area (TPSA) is 62.8 Å². The van der Waals surface area contributed by atoms with E-state index in [1.807, 2.05) is 0 Å². The SMILES string of the molecule is CS(=O)(=O)Cc1nc2c(F)cccc2[nH]1. The molecule has 6 heteroatoms. The molecule has 0 fully saturated rings. The first-order chi connectivity index (χ1) is 6.96. The van der Waals surface area contributed by atoms with Crippen molar-refractivity contribution in [3.8, 4) is 0 Å². The van der Waals surface area contributed by atoms with Crippen LogP contribution >= 0.6 is 0 Å². The number of benzene rings is 1. The number of hydrogen-bond donors (Lipinski definition) is 1. The van der Waals surface area contributed by atoms with Gasteiger partial charge in [0.2, 0.25) is 0 Å². The molecule has 0 aliphatic rings. The van der Waals surface area contributed by atoms with Gasteiger partial charge in [-0.25, -0.2) is 17.8 Å². The monoisotopic (exact) mass is 228 g/mol. The lowest BCUT2D eigenvalue weighted by Crippen LogP contribution is -2.01. The molecule has 1 heterocycles. The van der Waals surface area contributed by atoms with Crippen LogP contribution in [0.2, 0.25) is 0 Å². The summed E-state index contributed by atoms with van der Waals surface area (Å²) in [7, 11) is -3.15. The van der Waals surface area contributed by atoms with E-state index < -0.39 is 15.7 Å². The minimum absolute atomic E-state index is 0.177. The van der Waals surface area contributed by atoms with Gasteiger partial charge in [-0.3, -0.25) is 0 Å². The molecule has 1 aromatic carbocycles. The minimum atomic E-state index is -3.15. The van der Waals surface area contributed by atoms with Crippen LogP contribution in [0.1, 0.15) is 5.82 Å². The molecule has 1 aromatic heterocycles. The van der Waals surface area contributed by atoms with Crippen LogP contribution in [0.15, 0.2) is 18.2 Å². The van der Waals surface area contributed by atoms with Gasteiger partial charge in [0.05, 0.1) is 5.52 Å². The van der Waals surface area contributed by atoms with Crippen LogP contribution in [0.4, 0.5) is 4.39 Å². The number of para-hydroxylation sites is 1. The highest BCUT2D eigenvalue weighted by atomic mass is 32.2. The van der Waals surface area contributed by atoms with Crippen molar-refractivity contribution in [3.63, 3.8) is 0 Å². The summed E-state index contributed by atoms with van der Waals surface area (Å²) < 4.78 is 35.2. The third-order valence-electron chi connectivity index (χ3n) is 1.91. The van der Waals surface area contributed by atoms with Crippen LogP contribution in [-0.4, -0.2) is 24.6 Å². The third kappa shape index (κ3) is 2.15. The van der Waals surface area contributed by atoms with Crippen LogP contribution < -0.4 is 0 Å². The van der Waals surface area contributed by atoms with Gasteiger partial charge in [-0.1, -0.05) is 6.07 Å². The summed E-state index contributed by atoms with van der Waals surface area (Å²) in [6, 6.07) is 4.48. The Kier molecular flexibility index (Phi) is 2.22. The van der Waals surface area contributed by atoms with E-state index in [0.717, 1.165) is 6.26 Å². The van der Waals surface area contributed by atoms with E-state index >= 15 is 0 Å². The summed E-state index contributed by atoms with van der Waals surface area (Å²) in [6.45, 7) is 0. The number of hydrogen-bond acceptors (Lipinski definition) is 3. The fourth-order valence-electron chi connectivity index (χ4n) is 1.36. The zero-order valence-electron chi connectivity index (χ0n) is 7.99. The quantitative estimate of drug-likeness (QED) is 0.841. The summed E-state index contributed by atoms with van der Waals surface area (Å²) in [5.74, 6) is -0.401. The van der Waals surface area contributed by atoms with Gasteiger partial charge >= 0.3 is 0 Å². The number of aromatic nitrogens is 2. The fourth-order valence-corrected chi connectivity index (χ4v) is 2.00. The van der Waals surface area contributed by atoms with Crippen LogP contribution in [0.3, 0.4) is 0 Å². The highest BCUT2D eigenvalue weighted by Gasteiger charge is 2.11. The molecule has 0 amide bonds. The van der Waals surface area contributed by atoms with E-state index in [-0.39, 0.29) is 17.1 Å². The number of fused-ring (bicyclic) bond motifs is 1. The maximum atomic E-state index is 13.2. The van der Waals surface area contributed by atoms with Crippen molar-refractivity contribution in [1.29, 1.82) is 0 Å². The Morgan fingerprint density at radius 1 is 1.47 bits per heavy atom. The second-order valence-electron chi connectivity index (χ2n) is 3.39. The molecular weight excluding hydrogens is 219 g/mol. The third-order valence-corrected chi connectivity index (χ3v) is 2.71. The number of rotatable bonds is 2. The van der Waals surface area contributed by atoms with E-state index in [9.17, 15) is 12.8 Å². The van der Waals surface area contributed by atoms with E-state index in [1.54, 1.807) is 12.1 Å². The maximum Gasteiger partial charge on any atom is 0.154 e. The van der Waals surface area contributed by atoms with Crippen molar-refractivity contribution in [2.75, 3.05) is 6.26 Å². The Morgan fingerprint density at radius 3 is 2.80 bits per heavy atom. The van der Waals surface area contributed by atoms with Gasteiger partial charge in [-0.15, -0.1) is 0 Å². The van der Waals surface area contributed by atoms with Crippen LogP contribution in [0, 0.1) is 5.82 Å². The number of aromatic amines is 1. The highest BCUT2D eigenvalue weighted by Crippen LogP contribution is 2.15. The van der Waals surface area contributed by atoms with Gasteiger partial charge in [0.15, 0.2) is 15.7 Å². The number of imidazole rings is 1. The number of nitrogens with one attached hydrogen (secondary N) is 1. The molecular formula is C9H9FN2O2S. The predicted octanol–water partition coefficient (Wildman–Crippen LogP) is 1.25. The second kappa shape index (κ2) is 3.30. The minimum Gasteiger partial charge on any atom is -0.341 e. The van der Waals surface area contributed by atoms with Crippen LogP contribution in [0.25, 0.3) is 11.0 Å². The normalized spacial score (nSPS) is 12.1. The molecule has 0 aliphatic heterocycles. The van der Waals surface area contributed by atoms with Crippen molar-refractivity contribution in [1.82, 2.24) is 9.97 Å². The molecule has 2 rings (SSSR count). The average molecular weight is 228 g/mol. The molecule has 1 N–H and O–H groups in total. The summed E-state index contributed by atoms with van der Waals surface area (Å²) in [6.07, 6.45) is 1.11. The lowest BCUT2D eigenvalue weighted by Gasteiger charge is -1.91. The fraction of sp³-hybridized carbons (Fsp3) is 0.222. The standard InChI is InChI=1S/C9H9FN2O2S/c1-15(13,14)5-8-11-7-4-2-3-6(10)9(7)12-8/h2-4H,5H2,1H3,(H,11,12). The Balaban J connectivity index is 2.53. The molecule has 0 spiro atoms. The Labute approximate surface area is 86.1 Å². The summed E-state index contributed by atoms with van der Waals surface area (Å²) in [5, 5.41) is 0. The Bertz CT molecular complexity index is 604. The number of halogens is 1. The molecule has 0 saturated carbocycles. The van der Waals surface area contributed by atoms with Crippen molar-refractivity contribution in [2.45, 2.75) is 5.75 Å². The van der Waals surface area contributed by atoms with Crippen molar-refractivity contribution in [2.24, 2.45) is 0 Å². The first-order valence-electron chi connectivity index (χ1n) is 4.26. The molecule has 0 radical (unpaired) electrons. The lowest BCUT2D eigenvalue weighted by atomic mass is 10.3. The maximum absolute atomic E-state index is 13.2. The van der Waals surface area contributed by atoms with Crippen LogP contribution in [-0.2, 0) is 15.6 Å². The summed E-state index contributed by atoms with van der Waals surface area (Å²) in [5.41, 5.74) is 0.685. The van der Waals surface area contributed by atoms with E-state index in [2.05, 4.69) is 9.97 Å². The largest absolute Gasteiger partial charge is 0.341 e. The second-order valence-corrected chi connectivity index (χ2v) is 5.53. The van der Waals surface area contributed by atoms with Crippen molar-refractivity contribution < 1.29 is 12.8 Å². The van der Waals surface area contributed by atoms with Gasteiger partial charge in [-0.05, 0) is 12.1 Å². The van der Waals surface area contributed by atoms with E-state index in [4.69, 9.17) is 0 Å². The van der Waals surface area contributed by atoms with E-state index in [0.29, 0.717) is 5.52 Å². The zero-order chi connectivity index (χ0) is 11.1. The lowest BCUT2D eigenvalue weighted by molar-refractivity contribution is 0.600. The smallest absolute Gasteiger partial charge is 0.154 e. The van der Waals surface area contributed by atoms with Crippen LogP contribution in [0.5, 0.6) is 0 Å². The molecule has 2 aromatic rings. The van der Waals surface area contributed by atoms with Gasteiger partial charge in [0, 0.05) is 6.26 Å². The summed E-state index contributed by atoms with van der Waals surface area (Å²) >= 11 is 0. The number of nitrogens with zero attached hydrogens (tertiary/aromatic N) is 1. The average Bonchev–Trinajstić information content (AvgIpc) is 2.45. The van der Waals surface area contributed by atoms with E-state index in [1.165, 1.54) is 6.07 Å². The van der Waals surface area contributed by atoms with Crippen molar-refractivity contribution >= 4 is 20.9 Å². The summed E-state index contributed by atoms with van der Waals surface area (Å²) in [4.78, 5) is 6.65. The number of H-pyrrole nitrogens is 1. The molecule has 4 nitrogen and oxygen atoms in total. The molecule has 0 saturated heterocycles. The number of sulfone groups is 1. The molecule has 0 unspecified atom stereocenters. The van der Waals surface area contributed by atoms with Gasteiger partial charge < -0.3 is 4.98 Å². The molecule has 0 aliphatic carbocycles. The Morgan fingerprint density at radius 2 is 2.20 bits per heavy atom. The first kappa shape index (κ1) is 10.1. The zero-order valence-corrected chi connectivity index (χ0v) is 8.81. The first-order valence-corrected chi connectivity index (χ1v) is 6.32. The van der Waals surface area contributed by atoms with Crippen molar-refractivity contribution in [3.05, 3.63) is 29.8 Å². The Hall–Kier alpha value is -1.43. The molecule has 0 atom stereocenters. The van der Waals surface area contributed by atoms with Gasteiger partial charge in [-0.2, -0.15) is 0 Å². The predicted molar refractivity (Wildman–Crippen MR) is 54.6 cm³/mol. The van der Waals surface area contributed by atoms with Gasteiger partial charge in [0.1, 0.15) is 17.1 Å². The molecule has 0 bridgehead atoms. The molecule has 80 valence electrons. The highest BCUT2D eigenvalue weighted by molar-refractivity contribution is 7.89. The molecule has 15 heavy (non-hydrogen) atoms. The van der Waals surface area contributed by atoms with Gasteiger partial charge in [0.25, 0.3) is 0 Å².